The molecule has 2 aliphatic rings. The number of ether oxygens (including phenoxy) is 1. The van der Waals surface area contributed by atoms with Crippen molar-refractivity contribution in [3.63, 3.8) is 0 Å². The molecule has 0 saturated carbocycles. The standard InChI is InChI=1S/C30H37N5O3/c1-23-8-6-16-31-27(23)35-18-7-9-24(35)22-34-19-13-30(14-20-34)12-4-5-15-32-28(36)25-10-2-3-11-26(25)38-21-17-33-29(30)37/h2-3,6-11,16,18H,4-5,12-15,17,19-22H2,1H3,(H,32,36)(H,33,37). The van der Waals surface area contributed by atoms with Crippen molar-refractivity contribution in [2.75, 3.05) is 32.8 Å². The van der Waals surface area contributed by atoms with Crippen molar-refractivity contribution in [1.29, 1.82) is 0 Å². The zero-order valence-corrected chi connectivity index (χ0v) is 22.1. The minimum Gasteiger partial charge on any atom is -0.491 e. The Morgan fingerprint density at radius 2 is 1.79 bits per heavy atom. The number of likely N-dealkylation sites (tertiary alicyclic amines) is 1. The second kappa shape index (κ2) is 11.8. The molecule has 3 aromatic rings. The number of hydrogen-bond donors (Lipinski definition) is 2. The summed E-state index contributed by atoms with van der Waals surface area (Å²) in [7, 11) is 0. The number of amides is 2. The van der Waals surface area contributed by atoms with Crippen LogP contribution in [0.2, 0.25) is 0 Å². The van der Waals surface area contributed by atoms with Gasteiger partial charge in [0.15, 0.2) is 0 Å². The molecule has 8 heteroatoms. The lowest BCUT2D eigenvalue weighted by Gasteiger charge is -2.41. The van der Waals surface area contributed by atoms with E-state index in [4.69, 9.17) is 4.74 Å². The van der Waals surface area contributed by atoms with Crippen molar-refractivity contribution >= 4 is 11.8 Å². The van der Waals surface area contributed by atoms with Crippen molar-refractivity contribution in [3.05, 3.63) is 77.7 Å². The van der Waals surface area contributed by atoms with Crippen LogP contribution in [-0.2, 0) is 11.3 Å². The largest absolute Gasteiger partial charge is 0.491 e. The van der Waals surface area contributed by atoms with Gasteiger partial charge in [-0.25, -0.2) is 4.98 Å². The quantitative estimate of drug-likeness (QED) is 0.553. The molecular weight excluding hydrogens is 478 g/mol. The molecule has 1 fully saturated rings. The zero-order valence-electron chi connectivity index (χ0n) is 22.1. The van der Waals surface area contributed by atoms with Gasteiger partial charge in [0.25, 0.3) is 5.91 Å². The van der Waals surface area contributed by atoms with Gasteiger partial charge in [0.05, 0.1) is 17.5 Å². The van der Waals surface area contributed by atoms with E-state index in [0.717, 1.165) is 63.1 Å². The second-order valence-electron chi connectivity index (χ2n) is 10.4. The van der Waals surface area contributed by atoms with Gasteiger partial charge in [-0.05, 0) is 81.6 Å². The summed E-state index contributed by atoms with van der Waals surface area (Å²) >= 11 is 0. The van der Waals surface area contributed by atoms with E-state index in [-0.39, 0.29) is 17.2 Å². The highest BCUT2D eigenvalue weighted by Gasteiger charge is 2.40. The van der Waals surface area contributed by atoms with Crippen molar-refractivity contribution in [2.45, 2.75) is 45.6 Å². The van der Waals surface area contributed by atoms with Crippen LogP contribution in [0.5, 0.6) is 5.75 Å². The van der Waals surface area contributed by atoms with E-state index < -0.39 is 0 Å². The Kier molecular flexibility index (Phi) is 8.08. The fourth-order valence-corrected chi connectivity index (χ4v) is 5.62. The first-order chi connectivity index (χ1) is 18.6. The first-order valence-electron chi connectivity index (χ1n) is 13.6. The number of carbonyl (C=O) groups is 2. The molecule has 4 heterocycles. The topological polar surface area (TPSA) is 88.5 Å². The molecule has 0 bridgehead atoms. The number of benzene rings is 1. The number of hydrogen-bond acceptors (Lipinski definition) is 5. The molecule has 38 heavy (non-hydrogen) atoms. The van der Waals surface area contributed by atoms with E-state index >= 15 is 0 Å². The van der Waals surface area contributed by atoms with Crippen LogP contribution in [0.25, 0.3) is 5.82 Å². The predicted molar refractivity (Wildman–Crippen MR) is 146 cm³/mol. The molecule has 0 atom stereocenters. The van der Waals surface area contributed by atoms with Crippen LogP contribution in [0.1, 0.15) is 53.7 Å². The highest BCUT2D eigenvalue weighted by molar-refractivity contribution is 5.96. The summed E-state index contributed by atoms with van der Waals surface area (Å²) in [6, 6.07) is 15.5. The summed E-state index contributed by atoms with van der Waals surface area (Å²) in [5, 5.41) is 6.16. The van der Waals surface area contributed by atoms with Gasteiger partial charge < -0.3 is 19.9 Å². The first-order valence-corrected chi connectivity index (χ1v) is 13.6. The van der Waals surface area contributed by atoms with Gasteiger partial charge >= 0.3 is 0 Å². The molecular formula is C30H37N5O3. The molecule has 1 saturated heterocycles. The van der Waals surface area contributed by atoms with E-state index in [0.29, 0.717) is 31.0 Å². The molecule has 0 unspecified atom stereocenters. The first kappa shape index (κ1) is 26.0. The maximum atomic E-state index is 13.5. The summed E-state index contributed by atoms with van der Waals surface area (Å²) in [6.45, 7) is 5.94. The van der Waals surface area contributed by atoms with E-state index in [9.17, 15) is 9.59 Å². The third-order valence-corrected chi connectivity index (χ3v) is 7.87. The number of fused-ring (bicyclic) bond motifs is 1. The second-order valence-corrected chi connectivity index (χ2v) is 10.4. The lowest BCUT2D eigenvalue weighted by molar-refractivity contribution is -0.134. The minimum absolute atomic E-state index is 0.115. The van der Waals surface area contributed by atoms with Crippen molar-refractivity contribution in [2.24, 2.45) is 5.41 Å². The number of aryl methyl sites for hydroxylation is 1. The van der Waals surface area contributed by atoms with Gasteiger partial charge in [0.2, 0.25) is 5.91 Å². The van der Waals surface area contributed by atoms with Gasteiger partial charge in [0.1, 0.15) is 18.2 Å². The minimum atomic E-state index is -0.387. The molecule has 2 aliphatic heterocycles. The number of para-hydroxylation sites is 1. The van der Waals surface area contributed by atoms with Crippen molar-refractivity contribution in [3.8, 4) is 11.6 Å². The van der Waals surface area contributed by atoms with E-state index in [1.54, 1.807) is 12.1 Å². The van der Waals surface area contributed by atoms with Gasteiger partial charge in [-0.3, -0.25) is 14.5 Å². The number of rotatable bonds is 3. The third-order valence-electron chi connectivity index (χ3n) is 7.87. The van der Waals surface area contributed by atoms with Crippen LogP contribution in [0.4, 0.5) is 0 Å². The molecule has 2 aromatic heterocycles. The maximum absolute atomic E-state index is 13.5. The fraction of sp³-hybridized carbons (Fsp3) is 0.433. The van der Waals surface area contributed by atoms with Crippen molar-refractivity contribution < 1.29 is 14.3 Å². The Morgan fingerprint density at radius 3 is 2.63 bits per heavy atom. The summed E-state index contributed by atoms with van der Waals surface area (Å²) in [4.78, 5) is 33.2. The molecule has 8 nitrogen and oxygen atoms in total. The Bertz CT molecular complexity index is 1260. The predicted octanol–water partition coefficient (Wildman–Crippen LogP) is 3.87. The molecule has 0 aliphatic carbocycles. The maximum Gasteiger partial charge on any atom is 0.255 e. The average molecular weight is 516 g/mol. The highest BCUT2D eigenvalue weighted by Crippen LogP contribution is 2.37. The van der Waals surface area contributed by atoms with E-state index in [2.05, 4.69) is 56.4 Å². The zero-order chi connectivity index (χ0) is 26.4. The molecule has 1 aromatic carbocycles. The van der Waals surface area contributed by atoms with Crippen LogP contribution < -0.4 is 15.4 Å². The monoisotopic (exact) mass is 515 g/mol. The van der Waals surface area contributed by atoms with Crippen LogP contribution in [-0.4, -0.2) is 59.1 Å². The van der Waals surface area contributed by atoms with Gasteiger partial charge in [-0.15, -0.1) is 0 Å². The van der Waals surface area contributed by atoms with Crippen LogP contribution in [0.3, 0.4) is 0 Å². The molecule has 5 rings (SSSR count). The number of carbonyl (C=O) groups excluding carboxylic acids is 2. The Morgan fingerprint density at radius 1 is 0.947 bits per heavy atom. The third kappa shape index (κ3) is 5.75. The number of pyridine rings is 1. The number of nitrogens with zero attached hydrogens (tertiary/aromatic N) is 3. The molecule has 2 amide bonds. The number of piperidine rings is 1. The normalized spacial score (nSPS) is 19.1. The molecule has 2 N–H and O–H groups in total. The summed E-state index contributed by atoms with van der Waals surface area (Å²) in [5.74, 6) is 1.52. The van der Waals surface area contributed by atoms with Gasteiger partial charge in [0, 0.05) is 31.2 Å². The van der Waals surface area contributed by atoms with Crippen molar-refractivity contribution in [1.82, 2.24) is 25.1 Å². The summed E-state index contributed by atoms with van der Waals surface area (Å²) in [6.07, 6.45) is 8.09. The number of nitrogens with one attached hydrogen (secondary N) is 2. The molecule has 200 valence electrons. The molecule has 0 radical (unpaired) electrons. The highest BCUT2D eigenvalue weighted by atomic mass is 16.5. The Hall–Kier alpha value is -3.65. The van der Waals surface area contributed by atoms with Gasteiger partial charge in [-0.1, -0.05) is 24.6 Å². The lowest BCUT2D eigenvalue weighted by atomic mass is 9.73. The lowest BCUT2D eigenvalue weighted by Crippen LogP contribution is -2.49. The molecule has 1 spiro atoms. The fourth-order valence-electron chi connectivity index (χ4n) is 5.62. The van der Waals surface area contributed by atoms with Crippen LogP contribution in [0, 0.1) is 12.3 Å². The van der Waals surface area contributed by atoms with Gasteiger partial charge in [-0.2, -0.15) is 0 Å². The van der Waals surface area contributed by atoms with E-state index in [1.165, 1.54) is 5.69 Å². The number of aromatic nitrogens is 2. The summed E-state index contributed by atoms with van der Waals surface area (Å²) in [5.41, 5.74) is 2.49. The Labute approximate surface area is 224 Å². The smallest absolute Gasteiger partial charge is 0.255 e. The summed E-state index contributed by atoms with van der Waals surface area (Å²) < 4.78 is 8.03. The SMILES string of the molecule is Cc1cccnc1-n1cccc1CN1CCC2(CCCCNC(=O)c3ccccc3OCCNC2=O)CC1. The Balaban J connectivity index is 1.23. The van der Waals surface area contributed by atoms with E-state index in [1.807, 2.05) is 24.4 Å². The van der Waals surface area contributed by atoms with Crippen LogP contribution >= 0.6 is 0 Å². The average Bonchev–Trinajstić information content (AvgIpc) is 3.39. The van der Waals surface area contributed by atoms with Crippen LogP contribution in [0.15, 0.2) is 60.9 Å².